The maximum absolute atomic E-state index is 13.6. The molecule has 4 rings (SSSR count). The van der Waals surface area contributed by atoms with Gasteiger partial charge in [-0.15, -0.1) is 0 Å². The highest BCUT2D eigenvalue weighted by Crippen LogP contribution is 2.32. The molecule has 2 aromatic rings. The summed E-state index contributed by atoms with van der Waals surface area (Å²) in [5.74, 6) is 0.209. The van der Waals surface area contributed by atoms with Crippen LogP contribution in [0.1, 0.15) is 36.5 Å². The molecular weight excluding hydrogens is 355 g/mol. The molecule has 5 heteroatoms. The highest BCUT2D eigenvalue weighted by atomic mass is 19.1. The number of hydrogen-bond acceptors (Lipinski definition) is 2. The number of benzene rings is 2. The zero-order valence-corrected chi connectivity index (χ0v) is 16.1. The van der Waals surface area contributed by atoms with Crippen LogP contribution in [-0.2, 0) is 4.79 Å². The summed E-state index contributed by atoms with van der Waals surface area (Å²) in [4.78, 5) is 28.9. The van der Waals surface area contributed by atoms with E-state index in [4.69, 9.17) is 0 Å². The third-order valence-electron chi connectivity index (χ3n) is 6.04. The highest BCUT2D eigenvalue weighted by Gasteiger charge is 2.38. The lowest BCUT2D eigenvalue weighted by Crippen LogP contribution is -2.56. The maximum Gasteiger partial charge on any atom is 0.254 e. The first-order valence-electron chi connectivity index (χ1n) is 9.95. The van der Waals surface area contributed by atoms with E-state index in [1.54, 1.807) is 13.0 Å². The van der Waals surface area contributed by atoms with Gasteiger partial charge in [0.15, 0.2) is 0 Å². The van der Waals surface area contributed by atoms with Crippen LogP contribution in [0, 0.1) is 11.7 Å². The average molecular weight is 380 g/mol. The Morgan fingerprint density at radius 1 is 1.00 bits per heavy atom. The Hall–Kier alpha value is -2.69. The molecule has 0 aliphatic carbocycles. The lowest BCUT2D eigenvalue weighted by molar-refractivity contribution is -0.132. The highest BCUT2D eigenvalue weighted by molar-refractivity contribution is 5.95. The Kier molecular flexibility index (Phi) is 5.16. The normalized spacial score (nSPS) is 21.9. The molecule has 0 aromatic heterocycles. The molecule has 2 aromatic carbocycles. The summed E-state index contributed by atoms with van der Waals surface area (Å²) in [5.41, 5.74) is 2.24. The molecule has 0 saturated carbocycles. The van der Waals surface area contributed by atoms with Crippen molar-refractivity contribution in [2.45, 2.75) is 32.2 Å². The SMILES string of the molecule is CC(=O)N1CC[C@H]2[C@H](CCCN2C(=O)c2cccc(-c3cccc(F)c3)c2)C1. The first-order valence-corrected chi connectivity index (χ1v) is 9.95. The minimum Gasteiger partial charge on any atom is -0.343 e. The summed E-state index contributed by atoms with van der Waals surface area (Å²) < 4.78 is 13.6. The van der Waals surface area contributed by atoms with E-state index in [9.17, 15) is 14.0 Å². The van der Waals surface area contributed by atoms with Gasteiger partial charge in [0.2, 0.25) is 5.91 Å². The molecule has 0 spiro atoms. The molecule has 2 fully saturated rings. The monoisotopic (exact) mass is 380 g/mol. The van der Waals surface area contributed by atoms with E-state index >= 15 is 0 Å². The van der Waals surface area contributed by atoms with E-state index in [-0.39, 0.29) is 23.7 Å². The molecule has 28 heavy (non-hydrogen) atoms. The minimum absolute atomic E-state index is 0.0317. The second kappa shape index (κ2) is 7.74. The number of piperidine rings is 2. The second-order valence-electron chi connectivity index (χ2n) is 7.81. The van der Waals surface area contributed by atoms with Crippen LogP contribution in [0.2, 0.25) is 0 Å². The number of fused-ring (bicyclic) bond motifs is 1. The number of carbonyl (C=O) groups excluding carboxylic acids is 2. The van der Waals surface area contributed by atoms with E-state index in [1.807, 2.05) is 40.1 Å². The van der Waals surface area contributed by atoms with Crippen molar-refractivity contribution in [2.75, 3.05) is 19.6 Å². The van der Waals surface area contributed by atoms with Crippen LogP contribution < -0.4 is 0 Å². The Morgan fingerprint density at radius 3 is 2.50 bits per heavy atom. The van der Waals surface area contributed by atoms with Gasteiger partial charge in [-0.25, -0.2) is 4.39 Å². The van der Waals surface area contributed by atoms with Gasteiger partial charge < -0.3 is 9.80 Å². The van der Waals surface area contributed by atoms with E-state index in [2.05, 4.69) is 0 Å². The van der Waals surface area contributed by atoms with Crippen LogP contribution in [0.3, 0.4) is 0 Å². The summed E-state index contributed by atoms with van der Waals surface area (Å²) in [6.07, 6.45) is 2.85. The third-order valence-corrected chi connectivity index (χ3v) is 6.04. The van der Waals surface area contributed by atoms with Gasteiger partial charge in [-0.2, -0.15) is 0 Å². The Morgan fingerprint density at radius 2 is 1.75 bits per heavy atom. The van der Waals surface area contributed by atoms with Crippen molar-refractivity contribution in [1.29, 1.82) is 0 Å². The molecule has 2 saturated heterocycles. The van der Waals surface area contributed by atoms with Gasteiger partial charge in [-0.3, -0.25) is 9.59 Å². The van der Waals surface area contributed by atoms with Crippen LogP contribution in [0.25, 0.3) is 11.1 Å². The number of halogens is 1. The largest absolute Gasteiger partial charge is 0.343 e. The second-order valence-corrected chi connectivity index (χ2v) is 7.81. The fourth-order valence-corrected chi connectivity index (χ4v) is 4.61. The predicted octanol–water partition coefficient (Wildman–Crippen LogP) is 3.97. The third kappa shape index (κ3) is 3.66. The summed E-state index contributed by atoms with van der Waals surface area (Å²) in [7, 11) is 0. The zero-order valence-electron chi connectivity index (χ0n) is 16.1. The average Bonchev–Trinajstić information content (AvgIpc) is 2.72. The van der Waals surface area contributed by atoms with Crippen LogP contribution in [-0.4, -0.2) is 47.3 Å². The van der Waals surface area contributed by atoms with Gasteiger partial charge in [0.25, 0.3) is 5.91 Å². The van der Waals surface area contributed by atoms with Crippen LogP contribution in [0.5, 0.6) is 0 Å². The topological polar surface area (TPSA) is 40.6 Å². The maximum atomic E-state index is 13.6. The molecule has 0 unspecified atom stereocenters. The smallest absolute Gasteiger partial charge is 0.254 e. The molecule has 2 amide bonds. The van der Waals surface area contributed by atoms with E-state index < -0.39 is 0 Å². The Balaban J connectivity index is 1.56. The molecule has 146 valence electrons. The lowest BCUT2D eigenvalue weighted by atomic mass is 9.83. The van der Waals surface area contributed by atoms with Crippen molar-refractivity contribution in [1.82, 2.24) is 9.80 Å². The van der Waals surface area contributed by atoms with Crippen LogP contribution in [0.4, 0.5) is 4.39 Å². The molecule has 0 N–H and O–H groups in total. The minimum atomic E-state index is -0.287. The number of amides is 2. The van der Waals surface area contributed by atoms with Gasteiger partial charge in [-0.1, -0.05) is 24.3 Å². The quantitative estimate of drug-likeness (QED) is 0.791. The van der Waals surface area contributed by atoms with E-state index in [0.29, 0.717) is 18.0 Å². The molecular formula is C23H25FN2O2. The summed E-state index contributed by atoms with van der Waals surface area (Å²) in [6.45, 7) is 3.82. The molecule has 2 atom stereocenters. The summed E-state index contributed by atoms with van der Waals surface area (Å²) >= 11 is 0. The lowest BCUT2D eigenvalue weighted by Gasteiger charge is -2.47. The summed E-state index contributed by atoms with van der Waals surface area (Å²) in [5, 5.41) is 0. The molecule has 2 heterocycles. The molecule has 4 nitrogen and oxygen atoms in total. The van der Waals surface area contributed by atoms with Crippen molar-refractivity contribution in [2.24, 2.45) is 5.92 Å². The van der Waals surface area contributed by atoms with E-state index in [1.165, 1.54) is 12.1 Å². The van der Waals surface area contributed by atoms with Crippen molar-refractivity contribution in [3.05, 3.63) is 59.9 Å². The first kappa shape index (κ1) is 18.7. The van der Waals surface area contributed by atoms with Gasteiger partial charge in [-0.05, 0) is 60.6 Å². The van der Waals surface area contributed by atoms with Crippen LogP contribution in [0.15, 0.2) is 48.5 Å². The van der Waals surface area contributed by atoms with Crippen molar-refractivity contribution < 1.29 is 14.0 Å². The first-order chi connectivity index (χ1) is 13.5. The number of likely N-dealkylation sites (tertiary alicyclic amines) is 2. The number of rotatable bonds is 2. The van der Waals surface area contributed by atoms with Gasteiger partial charge in [0.1, 0.15) is 5.82 Å². The van der Waals surface area contributed by atoms with Crippen LogP contribution >= 0.6 is 0 Å². The van der Waals surface area contributed by atoms with Crippen molar-refractivity contribution in [3.8, 4) is 11.1 Å². The number of carbonyl (C=O) groups is 2. The van der Waals surface area contributed by atoms with Gasteiger partial charge in [0, 0.05) is 38.2 Å². The number of hydrogen-bond donors (Lipinski definition) is 0. The number of nitrogens with zero attached hydrogens (tertiary/aromatic N) is 2. The molecule has 2 aliphatic heterocycles. The van der Waals surface area contributed by atoms with Gasteiger partial charge in [0.05, 0.1) is 0 Å². The van der Waals surface area contributed by atoms with Gasteiger partial charge >= 0.3 is 0 Å². The summed E-state index contributed by atoms with van der Waals surface area (Å²) in [6, 6.07) is 14.1. The van der Waals surface area contributed by atoms with Crippen molar-refractivity contribution >= 4 is 11.8 Å². The Labute approximate surface area is 164 Å². The van der Waals surface area contributed by atoms with E-state index in [0.717, 1.165) is 43.5 Å². The van der Waals surface area contributed by atoms with Crippen molar-refractivity contribution in [3.63, 3.8) is 0 Å². The fourth-order valence-electron chi connectivity index (χ4n) is 4.61. The fraction of sp³-hybridized carbons (Fsp3) is 0.391. The zero-order chi connectivity index (χ0) is 19.7. The molecule has 0 bridgehead atoms. The molecule has 0 radical (unpaired) electrons. The standard InChI is InChI=1S/C23H25FN2O2/c1-16(27)25-12-10-22-20(15-25)8-4-11-26(22)23(28)19-7-2-5-17(13-19)18-6-3-9-21(24)14-18/h2-3,5-7,9,13-14,20,22H,4,8,10-12,15H2,1H3/t20-,22+/m1/s1. The predicted molar refractivity (Wildman–Crippen MR) is 106 cm³/mol. The molecule has 2 aliphatic rings. The Bertz CT molecular complexity index is 898.